The monoisotopic (exact) mass is 377 g/mol. The molecule has 0 aliphatic heterocycles. The van der Waals surface area contributed by atoms with Crippen LogP contribution in [0.5, 0.6) is 5.75 Å². The zero-order valence-corrected chi connectivity index (χ0v) is 11.5. The summed E-state index contributed by atoms with van der Waals surface area (Å²) in [6.45, 7) is 0. The van der Waals surface area contributed by atoms with Gasteiger partial charge in [-0.25, -0.2) is 9.13 Å². The molecular weight excluding hydrogens is 372 g/mol. The molecule has 1 atom stereocenters. The van der Waals surface area contributed by atoms with Crippen LogP contribution in [0, 0.1) is 11.3 Å². The summed E-state index contributed by atoms with van der Waals surface area (Å²) in [6, 6.07) is 5.25. The Morgan fingerprint density at radius 3 is 2.33 bits per heavy atom. The second-order valence-electron chi connectivity index (χ2n) is 3.64. The first-order valence-electron chi connectivity index (χ1n) is 5.16. The average molecular weight is 378 g/mol. The molecule has 3 nitrogen and oxygen atoms in total. The van der Waals surface area contributed by atoms with Gasteiger partial charge in [-0.15, -0.1) is 13.2 Å². The summed E-state index contributed by atoms with van der Waals surface area (Å²) in [6.07, 6.45) is -14.5. The van der Waals surface area contributed by atoms with Crippen LogP contribution in [0.4, 0.5) is 26.3 Å². The van der Waals surface area contributed by atoms with Gasteiger partial charge in [0.2, 0.25) is 0 Å². The van der Waals surface area contributed by atoms with Crippen LogP contribution in [0.1, 0.15) is 5.56 Å². The Hall–Kier alpha value is -1.47. The van der Waals surface area contributed by atoms with E-state index in [0.717, 1.165) is 6.07 Å². The van der Waals surface area contributed by atoms with Gasteiger partial charge in [-0.3, -0.25) is 0 Å². The number of alkyl halides is 6. The Labute approximate surface area is 123 Å². The number of benzene rings is 1. The van der Waals surface area contributed by atoms with E-state index >= 15 is 0 Å². The third-order valence-electron chi connectivity index (χ3n) is 2.03. The van der Waals surface area contributed by atoms with Crippen LogP contribution in [0.15, 0.2) is 22.7 Å². The lowest BCUT2D eigenvalue weighted by molar-refractivity contribution is -0.411. The molecule has 0 aromatic heterocycles. The smallest absolute Gasteiger partial charge is 0.427 e. The molecule has 0 N–H and O–H groups in total. The summed E-state index contributed by atoms with van der Waals surface area (Å²) in [4.78, 5) is 0. The van der Waals surface area contributed by atoms with Gasteiger partial charge in [0.15, 0.2) is 0 Å². The van der Waals surface area contributed by atoms with Crippen molar-refractivity contribution in [3.8, 4) is 11.8 Å². The van der Waals surface area contributed by atoms with E-state index in [4.69, 9.17) is 5.26 Å². The maximum atomic E-state index is 13.2. The molecular formula is C11H6BrF6NO2. The summed E-state index contributed by atoms with van der Waals surface area (Å²) < 4.78 is 80.7. The standard InChI is InChI=1S/C11H6BrF6NO2/c12-7-5-6(3-4-19)1-2-8(7)20-10(14,15)9(13)21-11(16,17)18/h1-2,5,9H,3H2/t9-/m1/s1. The predicted molar refractivity (Wildman–Crippen MR) is 61.1 cm³/mol. The van der Waals surface area contributed by atoms with Gasteiger partial charge >= 0.3 is 18.8 Å². The molecule has 0 saturated heterocycles. The molecule has 1 rings (SSSR count). The van der Waals surface area contributed by atoms with Crippen molar-refractivity contribution >= 4 is 15.9 Å². The topological polar surface area (TPSA) is 42.2 Å². The van der Waals surface area contributed by atoms with Gasteiger partial charge in [0.25, 0.3) is 0 Å². The molecule has 0 aliphatic carbocycles. The third kappa shape index (κ3) is 5.43. The Morgan fingerprint density at radius 2 is 1.86 bits per heavy atom. The van der Waals surface area contributed by atoms with Crippen molar-refractivity contribution in [2.75, 3.05) is 0 Å². The lowest BCUT2D eigenvalue weighted by Crippen LogP contribution is -2.41. The minimum Gasteiger partial charge on any atom is -0.427 e. The zero-order chi connectivity index (χ0) is 16.3. The van der Waals surface area contributed by atoms with Crippen molar-refractivity contribution in [1.29, 1.82) is 5.26 Å². The van der Waals surface area contributed by atoms with Crippen molar-refractivity contribution < 1.29 is 35.8 Å². The highest BCUT2D eigenvalue weighted by molar-refractivity contribution is 9.10. The van der Waals surface area contributed by atoms with Gasteiger partial charge in [0, 0.05) is 0 Å². The molecule has 1 aromatic carbocycles. The summed E-state index contributed by atoms with van der Waals surface area (Å²) in [5, 5.41) is 8.46. The fourth-order valence-corrected chi connectivity index (χ4v) is 1.71. The zero-order valence-electron chi connectivity index (χ0n) is 9.93. The lowest BCUT2D eigenvalue weighted by Gasteiger charge is -2.22. The summed E-state index contributed by atoms with van der Waals surface area (Å²) in [7, 11) is 0. The van der Waals surface area contributed by atoms with Crippen LogP contribution in [0.2, 0.25) is 0 Å². The highest BCUT2D eigenvalue weighted by Gasteiger charge is 2.50. The Bertz CT molecular complexity index is 542. The molecule has 0 spiro atoms. The molecule has 1 aromatic rings. The maximum absolute atomic E-state index is 13.2. The van der Waals surface area contributed by atoms with E-state index in [9.17, 15) is 26.3 Å². The number of ether oxygens (including phenoxy) is 2. The fraction of sp³-hybridized carbons (Fsp3) is 0.364. The van der Waals surface area contributed by atoms with E-state index in [-0.39, 0.29) is 10.9 Å². The van der Waals surface area contributed by atoms with Gasteiger partial charge in [0.05, 0.1) is 17.0 Å². The van der Waals surface area contributed by atoms with E-state index in [1.807, 2.05) is 6.07 Å². The van der Waals surface area contributed by atoms with Crippen molar-refractivity contribution in [3.05, 3.63) is 28.2 Å². The minimum absolute atomic E-state index is 0.0157. The first-order chi connectivity index (χ1) is 9.55. The molecule has 10 heteroatoms. The molecule has 0 saturated carbocycles. The van der Waals surface area contributed by atoms with E-state index in [1.54, 1.807) is 0 Å². The highest BCUT2D eigenvalue weighted by Crippen LogP contribution is 2.35. The molecule has 0 fully saturated rings. The molecule has 0 unspecified atom stereocenters. The minimum atomic E-state index is -5.57. The number of nitrogens with zero attached hydrogens (tertiary/aromatic N) is 1. The summed E-state index contributed by atoms with van der Waals surface area (Å²) in [5.41, 5.74) is 0.448. The van der Waals surface area contributed by atoms with E-state index in [1.165, 1.54) is 12.1 Å². The van der Waals surface area contributed by atoms with E-state index in [2.05, 4.69) is 25.4 Å². The van der Waals surface area contributed by atoms with Crippen LogP contribution in [-0.2, 0) is 11.2 Å². The molecule has 0 amide bonds. The third-order valence-corrected chi connectivity index (χ3v) is 2.65. The fourth-order valence-electron chi connectivity index (χ4n) is 1.21. The Morgan fingerprint density at radius 1 is 1.24 bits per heavy atom. The van der Waals surface area contributed by atoms with Crippen molar-refractivity contribution in [3.63, 3.8) is 0 Å². The number of hydrogen-bond donors (Lipinski definition) is 0. The number of rotatable bonds is 5. The summed E-state index contributed by atoms with van der Waals surface area (Å²) >= 11 is 2.83. The van der Waals surface area contributed by atoms with Crippen molar-refractivity contribution in [1.82, 2.24) is 0 Å². The van der Waals surface area contributed by atoms with Crippen LogP contribution in [0.25, 0.3) is 0 Å². The average Bonchev–Trinajstić information content (AvgIpc) is 2.31. The number of nitriles is 1. The molecule has 0 aliphatic rings. The Balaban J connectivity index is 2.86. The first-order valence-corrected chi connectivity index (χ1v) is 5.95. The predicted octanol–water partition coefficient (Wildman–Crippen LogP) is 4.32. The second kappa shape index (κ2) is 6.53. The Kier molecular flexibility index (Phi) is 5.47. The lowest BCUT2D eigenvalue weighted by atomic mass is 10.2. The highest BCUT2D eigenvalue weighted by atomic mass is 79.9. The molecule has 0 radical (unpaired) electrons. The van der Waals surface area contributed by atoms with Gasteiger partial charge in [-0.1, -0.05) is 6.07 Å². The first kappa shape index (κ1) is 17.6. The van der Waals surface area contributed by atoms with E-state index in [0.29, 0.717) is 5.56 Å². The quantitative estimate of drug-likeness (QED) is 0.717. The van der Waals surface area contributed by atoms with E-state index < -0.39 is 24.6 Å². The van der Waals surface area contributed by atoms with Gasteiger partial charge < -0.3 is 4.74 Å². The van der Waals surface area contributed by atoms with Crippen LogP contribution in [0.3, 0.4) is 0 Å². The SMILES string of the molecule is N#CCc1ccc(OC(F)(F)[C@H](F)OC(F)(F)F)c(Br)c1. The molecule has 0 heterocycles. The maximum Gasteiger partial charge on any atom is 0.525 e. The molecule has 116 valence electrons. The number of halogens is 7. The van der Waals surface area contributed by atoms with Gasteiger partial charge in [0.1, 0.15) is 5.75 Å². The van der Waals surface area contributed by atoms with Gasteiger partial charge in [-0.2, -0.15) is 14.0 Å². The van der Waals surface area contributed by atoms with Gasteiger partial charge in [-0.05, 0) is 33.6 Å². The van der Waals surface area contributed by atoms with Crippen LogP contribution < -0.4 is 4.74 Å². The normalized spacial score (nSPS) is 13.6. The van der Waals surface area contributed by atoms with Crippen molar-refractivity contribution in [2.24, 2.45) is 0 Å². The molecule has 0 bridgehead atoms. The van der Waals surface area contributed by atoms with Crippen molar-refractivity contribution in [2.45, 2.75) is 25.2 Å². The second-order valence-corrected chi connectivity index (χ2v) is 4.50. The number of hydrogen-bond acceptors (Lipinski definition) is 3. The summed E-state index contributed by atoms with van der Waals surface area (Å²) in [5.74, 6) is -0.602. The van der Waals surface area contributed by atoms with Crippen LogP contribution >= 0.6 is 15.9 Å². The van der Waals surface area contributed by atoms with Crippen LogP contribution in [-0.4, -0.2) is 18.8 Å². The molecule has 21 heavy (non-hydrogen) atoms. The largest absolute Gasteiger partial charge is 0.525 e.